The Balaban J connectivity index is 1.75. The predicted molar refractivity (Wildman–Crippen MR) is 101 cm³/mol. The van der Waals surface area contributed by atoms with Crippen molar-refractivity contribution in [1.82, 2.24) is 4.98 Å². The van der Waals surface area contributed by atoms with Crippen LogP contribution in [0.25, 0.3) is 11.3 Å². The smallest absolute Gasteiger partial charge is 0.257 e. The summed E-state index contributed by atoms with van der Waals surface area (Å²) in [6, 6.07) is 14.1. The van der Waals surface area contributed by atoms with Crippen molar-refractivity contribution in [2.24, 2.45) is 0 Å². The van der Waals surface area contributed by atoms with Crippen molar-refractivity contribution in [2.75, 3.05) is 16.4 Å². The van der Waals surface area contributed by atoms with Gasteiger partial charge >= 0.3 is 0 Å². The third-order valence-corrected chi connectivity index (χ3v) is 4.11. The summed E-state index contributed by atoms with van der Waals surface area (Å²) in [5.74, 6) is -0.482. The molecule has 2 aromatic carbocycles. The Morgan fingerprint density at radius 2 is 1.88 bits per heavy atom. The van der Waals surface area contributed by atoms with Crippen molar-refractivity contribution >= 4 is 39.7 Å². The van der Waals surface area contributed by atoms with Gasteiger partial charge in [0.05, 0.1) is 5.69 Å². The molecule has 0 aliphatic carbocycles. The van der Waals surface area contributed by atoms with E-state index in [9.17, 15) is 9.59 Å². The van der Waals surface area contributed by atoms with Gasteiger partial charge in [-0.3, -0.25) is 14.9 Å². The highest BCUT2D eigenvalue weighted by Gasteiger charge is 2.11. The highest BCUT2D eigenvalue weighted by atomic mass is 32.1. The van der Waals surface area contributed by atoms with Crippen LogP contribution in [0.15, 0.2) is 53.9 Å². The molecule has 6 nitrogen and oxygen atoms in total. The highest BCUT2D eigenvalue weighted by molar-refractivity contribution is 7.14. The van der Waals surface area contributed by atoms with Crippen LogP contribution in [0, 0.1) is 0 Å². The van der Waals surface area contributed by atoms with Crippen molar-refractivity contribution in [3.63, 3.8) is 0 Å². The normalized spacial score (nSPS) is 10.3. The molecule has 4 N–H and O–H groups in total. The van der Waals surface area contributed by atoms with Crippen molar-refractivity contribution < 1.29 is 9.59 Å². The van der Waals surface area contributed by atoms with E-state index in [1.807, 2.05) is 23.6 Å². The van der Waals surface area contributed by atoms with Gasteiger partial charge in [-0.1, -0.05) is 18.2 Å². The van der Waals surface area contributed by atoms with Gasteiger partial charge in [-0.15, -0.1) is 11.3 Å². The van der Waals surface area contributed by atoms with Crippen LogP contribution in [-0.4, -0.2) is 16.8 Å². The van der Waals surface area contributed by atoms with E-state index >= 15 is 0 Å². The summed E-state index contributed by atoms with van der Waals surface area (Å²) >= 11 is 1.33. The van der Waals surface area contributed by atoms with Crippen LogP contribution in [0.3, 0.4) is 0 Å². The molecule has 0 radical (unpaired) electrons. The van der Waals surface area contributed by atoms with Crippen LogP contribution < -0.4 is 16.4 Å². The maximum Gasteiger partial charge on any atom is 0.257 e. The monoisotopic (exact) mass is 352 g/mol. The Bertz CT molecular complexity index is 936. The van der Waals surface area contributed by atoms with Crippen LogP contribution in [0.5, 0.6) is 0 Å². The third-order valence-electron chi connectivity index (χ3n) is 3.35. The van der Waals surface area contributed by atoms with Crippen molar-refractivity contribution in [3.8, 4) is 11.3 Å². The van der Waals surface area contributed by atoms with Gasteiger partial charge < -0.3 is 11.1 Å². The highest BCUT2D eigenvalue weighted by Crippen LogP contribution is 2.26. The first-order valence-corrected chi connectivity index (χ1v) is 8.40. The molecule has 126 valence electrons. The second-order valence-electron chi connectivity index (χ2n) is 5.38. The van der Waals surface area contributed by atoms with Gasteiger partial charge in [-0.2, -0.15) is 0 Å². The molecule has 0 fully saturated rings. The number of nitrogens with two attached hydrogens (primary N) is 1. The SMILES string of the molecule is CC(=O)Nc1cccc(C(=O)Nc2nc(-c3cccc(N)c3)cs2)c1. The van der Waals surface area contributed by atoms with Crippen LogP contribution in [0.4, 0.5) is 16.5 Å². The molecule has 7 heteroatoms. The van der Waals surface area contributed by atoms with Crippen molar-refractivity contribution in [2.45, 2.75) is 6.92 Å². The Morgan fingerprint density at radius 3 is 2.64 bits per heavy atom. The van der Waals surface area contributed by atoms with E-state index < -0.39 is 0 Å². The molecule has 0 atom stereocenters. The Morgan fingerprint density at radius 1 is 1.08 bits per heavy atom. The number of rotatable bonds is 4. The molecule has 2 amide bonds. The number of nitrogens with one attached hydrogen (secondary N) is 2. The van der Waals surface area contributed by atoms with Crippen molar-refractivity contribution in [1.29, 1.82) is 0 Å². The van der Waals surface area contributed by atoms with Gasteiger partial charge in [-0.25, -0.2) is 4.98 Å². The number of hydrogen-bond donors (Lipinski definition) is 3. The number of nitrogens with zero attached hydrogens (tertiary/aromatic N) is 1. The van der Waals surface area contributed by atoms with Gasteiger partial charge in [0.25, 0.3) is 5.91 Å². The lowest BCUT2D eigenvalue weighted by atomic mass is 10.1. The number of nitrogen functional groups attached to an aromatic ring is 1. The first kappa shape index (κ1) is 16.7. The van der Waals surface area contributed by atoms with Gasteiger partial charge in [0.1, 0.15) is 0 Å². The Kier molecular flexibility index (Phi) is 4.76. The zero-order valence-electron chi connectivity index (χ0n) is 13.4. The third kappa shape index (κ3) is 4.21. The predicted octanol–water partition coefficient (Wildman–Crippen LogP) is 3.60. The first-order chi connectivity index (χ1) is 12.0. The number of thiazole rings is 1. The molecule has 0 spiro atoms. The molecule has 25 heavy (non-hydrogen) atoms. The summed E-state index contributed by atoms with van der Waals surface area (Å²) in [6.07, 6.45) is 0. The number of benzene rings is 2. The zero-order valence-corrected chi connectivity index (χ0v) is 14.3. The Hall–Kier alpha value is -3.19. The second kappa shape index (κ2) is 7.14. The number of carbonyl (C=O) groups excluding carboxylic acids is 2. The quantitative estimate of drug-likeness (QED) is 0.625. The maximum absolute atomic E-state index is 12.4. The summed E-state index contributed by atoms with van der Waals surface area (Å²) in [5.41, 5.74) is 9.09. The number of carbonyl (C=O) groups is 2. The molecular formula is C18H16N4O2S. The largest absolute Gasteiger partial charge is 0.399 e. The average Bonchev–Trinajstić information content (AvgIpc) is 3.03. The molecule has 0 bridgehead atoms. The first-order valence-electron chi connectivity index (χ1n) is 7.52. The summed E-state index contributed by atoms with van der Waals surface area (Å²) in [4.78, 5) is 27.9. The standard InChI is InChI=1S/C18H16N4O2S/c1-11(23)20-15-7-3-5-13(9-15)17(24)22-18-21-16(10-25-18)12-4-2-6-14(19)8-12/h2-10H,19H2,1H3,(H,20,23)(H,21,22,24). The van der Waals surface area contributed by atoms with Gasteiger partial charge in [0.2, 0.25) is 5.91 Å². The summed E-state index contributed by atoms with van der Waals surface area (Å²) in [5, 5.41) is 7.77. The lowest BCUT2D eigenvalue weighted by Gasteiger charge is -2.05. The number of amides is 2. The minimum absolute atomic E-state index is 0.191. The molecule has 0 unspecified atom stereocenters. The number of hydrogen-bond acceptors (Lipinski definition) is 5. The fourth-order valence-corrected chi connectivity index (χ4v) is 2.99. The molecule has 0 saturated carbocycles. The minimum Gasteiger partial charge on any atom is -0.399 e. The van der Waals surface area contributed by atoms with E-state index in [4.69, 9.17) is 5.73 Å². The number of anilines is 3. The molecule has 1 heterocycles. The number of aromatic nitrogens is 1. The van der Waals surface area contributed by atoms with Gasteiger partial charge in [-0.05, 0) is 30.3 Å². The molecule has 3 rings (SSSR count). The molecule has 3 aromatic rings. The minimum atomic E-state index is -0.291. The maximum atomic E-state index is 12.4. The topological polar surface area (TPSA) is 97.1 Å². The van der Waals surface area contributed by atoms with Crippen LogP contribution >= 0.6 is 11.3 Å². The lowest BCUT2D eigenvalue weighted by molar-refractivity contribution is -0.114. The van der Waals surface area contributed by atoms with E-state index in [1.165, 1.54) is 18.3 Å². The van der Waals surface area contributed by atoms with E-state index in [-0.39, 0.29) is 11.8 Å². The van der Waals surface area contributed by atoms with Crippen LogP contribution in [-0.2, 0) is 4.79 Å². The fraction of sp³-hybridized carbons (Fsp3) is 0.0556. The van der Waals surface area contributed by atoms with Crippen LogP contribution in [0.2, 0.25) is 0 Å². The zero-order chi connectivity index (χ0) is 17.8. The second-order valence-corrected chi connectivity index (χ2v) is 6.24. The molecule has 0 aliphatic rings. The molecular weight excluding hydrogens is 336 g/mol. The van der Waals surface area contributed by atoms with Gasteiger partial charge in [0, 0.05) is 34.8 Å². The van der Waals surface area contributed by atoms with Crippen molar-refractivity contribution in [3.05, 3.63) is 59.5 Å². The van der Waals surface area contributed by atoms with E-state index in [0.717, 1.165) is 11.3 Å². The van der Waals surface area contributed by atoms with Gasteiger partial charge in [0.15, 0.2) is 5.13 Å². The molecule has 0 saturated heterocycles. The summed E-state index contributed by atoms with van der Waals surface area (Å²) in [7, 11) is 0. The molecule has 1 aromatic heterocycles. The summed E-state index contributed by atoms with van der Waals surface area (Å²) < 4.78 is 0. The Labute approximate surface area is 148 Å². The average molecular weight is 352 g/mol. The fourth-order valence-electron chi connectivity index (χ4n) is 2.27. The van der Waals surface area contributed by atoms with E-state index in [0.29, 0.717) is 22.1 Å². The van der Waals surface area contributed by atoms with E-state index in [1.54, 1.807) is 30.3 Å². The molecule has 0 aliphatic heterocycles. The van der Waals surface area contributed by atoms with Crippen LogP contribution in [0.1, 0.15) is 17.3 Å². The lowest BCUT2D eigenvalue weighted by Crippen LogP contribution is -2.13. The van der Waals surface area contributed by atoms with E-state index in [2.05, 4.69) is 15.6 Å². The summed E-state index contributed by atoms with van der Waals surface area (Å²) in [6.45, 7) is 1.42.